The number of carboxylic acids is 1. The highest BCUT2D eigenvalue weighted by atomic mass is 16.5. The molecular formula is C20H33NO3. The van der Waals surface area contributed by atoms with Crippen molar-refractivity contribution >= 4 is 5.97 Å². The predicted octanol–water partition coefficient (Wildman–Crippen LogP) is 4.75. The molecule has 0 saturated carbocycles. The molecule has 0 aromatic heterocycles. The SMILES string of the molecule is C.C/C=C(/CC1CCOc2ccc(CC(=O)O)cc21)NCC.CC. The summed E-state index contributed by atoms with van der Waals surface area (Å²) in [5.41, 5.74) is 3.21. The number of carbonyl (C=O) groups is 1. The van der Waals surface area contributed by atoms with Crippen LogP contribution in [0.2, 0.25) is 0 Å². The molecule has 1 atom stereocenters. The second-order valence-electron chi connectivity index (χ2n) is 5.33. The maximum absolute atomic E-state index is 10.9. The Labute approximate surface area is 146 Å². The van der Waals surface area contributed by atoms with Crippen molar-refractivity contribution in [1.29, 1.82) is 0 Å². The first kappa shape index (κ1) is 22.0. The summed E-state index contributed by atoms with van der Waals surface area (Å²) in [5.74, 6) is 0.477. The molecule has 1 unspecified atom stereocenters. The second-order valence-corrected chi connectivity index (χ2v) is 5.33. The molecule has 2 N–H and O–H groups in total. The van der Waals surface area contributed by atoms with Crippen molar-refractivity contribution in [2.24, 2.45) is 0 Å². The quantitative estimate of drug-likeness (QED) is 0.788. The molecule has 1 aromatic rings. The van der Waals surface area contributed by atoms with Gasteiger partial charge in [-0.2, -0.15) is 0 Å². The zero-order valence-corrected chi connectivity index (χ0v) is 14.7. The van der Waals surface area contributed by atoms with E-state index in [1.165, 1.54) is 5.70 Å². The number of fused-ring (bicyclic) bond motifs is 1. The largest absolute Gasteiger partial charge is 0.493 e. The third-order valence-electron chi connectivity index (χ3n) is 3.81. The minimum atomic E-state index is -0.801. The Kier molecular flexibility index (Phi) is 10.6. The summed E-state index contributed by atoms with van der Waals surface area (Å²) < 4.78 is 5.70. The minimum Gasteiger partial charge on any atom is -0.493 e. The molecule has 4 heteroatoms. The number of allylic oxidation sites excluding steroid dienone is 2. The third-order valence-corrected chi connectivity index (χ3v) is 3.81. The molecule has 2 rings (SSSR count). The Morgan fingerprint density at radius 3 is 2.71 bits per heavy atom. The fraction of sp³-hybridized carbons (Fsp3) is 0.550. The summed E-state index contributed by atoms with van der Waals surface area (Å²) in [6.45, 7) is 9.76. The van der Waals surface area contributed by atoms with E-state index in [0.717, 1.165) is 42.9 Å². The Hall–Kier alpha value is -1.97. The van der Waals surface area contributed by atoms with Crippen LogP contribution in [0.1, 0.15) is 65.0 Å². The van der Waals surface area contributed by atoms with E-state index in [9.17, 15) is 4.79 Å². The Balaban J connectivity index is 0.00000170. The molecule has 0 radical (unpaired) electrons. The smallest absolute Gasteiger partial charge is 0.307 e. The summed E-state index contributed by atoms with van der Waals surface area (Å²) in [6, 6.07) is 5.74. The lowest BCUT2D eigenvalue weighted by molar-refractivity contribution is -0.136. The minimum absolute atomic E-state index is 0. The van der Waals surface area contributed by atoms with Crippen LogP contribution in [0.5, 0.6) is 5.75 Å². The van der Waals surface area contributed by atoms with Gasteiger partial charge in [-0.15, -0.1) is 0 Å². The molecule has 0 amide bonds. The monoisotopic (exact) mass is 335 g/mol. The standard InChI is InChI=1S/C17H23NO3.C2H6.CH4/c1-3-14(18-4-2)11-13-7-8-21-16-6-5-12(9-15(13)16)10-17(19)20;1-2;/h3,5-6,9,13,18H,4,7-8,10-11H2,1-2H3,(H,19,20);1-2H3;1H4/b14-3-;;. The molecule has 1 aromatic carbocycles. The van der Waals surface area contributed by atoms with Gasteiger partial charge in [0, 0.05) is 12.2 Å². The molecule has 24 heavy (non-hydrogen) atoms. The lowest BCUT2D eigenvalue weighted by Gasteiger charge is -2.27. The first-order chi connectivity index (χ1) is 11.1. The first-order valence-corrected chi connectivity index (χ1v) is 8.50. The second kappa shape index (κ2) is 11.5. The summed E-state index contributed by atoms with van der Waals surface area (Å²) in [5, 5.41) is 12.3. The third kappa shape index (κ3) is 6.26. The van der Waals surface area contributed by atoms with Gasteiger partial charge in [0.15, 0.2) is 0 Å². The average molecular weight is 335 g/mol. The van der Waals surface area contributed by atoms with Gasteiger partial charge in [0.2, 0.25) is 0 Å². The van der Waals surface area contributed by atoms with Crippen LogP contribution in [-0.4, -0.2) is 24.2 Å². The van der Waals surface area contributed by atoms with E-state index in [-0.39, 0.29) is 13.8 Å². The molecule has 0 fully saturated rings. The van der Waals surface area contributed by atoms with Crippen LogP contribution in [-0.2, 0) is 11.2 Å². The van der Waals surface area contributed by atoms with Gasteiger partial charge in [0.05, 0.1) is 13.0 Å². The molecule has 1 aliphatic heterocycles. The average Bonchev–Trinajstić information content (AvgIpc) is 2.56. The number of carboxylic acid groups (broad SMARTS) is 1. The van der Waals surface area contributed by atoms with E-state index >= 15 is 0 Å². The van der Waals surface area contributed by atoms with E-state index in [4.69, 9.17) is 9.84 Å². The molecular weight excluding hydrogens is 302 g/mol. The number of rotatable bonds is 6. The predicted molar refractivity (Wildman–Crippen MR) is 101 cm³/mol. The Bertz CT molecular complexity index is 538. The fourth-order valence-electron chi connectivity index (χ4n) is 2.80. The van der Waals surface area contributed by atoms with Crippen LogP contribution >= 0.6 is 0 Å². The van der Waals surface area contributed by atoms with Gasteiger partial charge in [0.1, 0.15) is 5.75 Å². The topological polar surface area (TPSA) is 58.6 Å². The van der Waals surface area contributed by atoms with E-state index in [1.54, 1.807) is 0 Å². The van der Waals surface area contributed by atoms with Crippen LogP contribution in [0, 0.1) is 0 Å². The molecule has 136 valence electrons. The Morgan fingerprint density at radius 2 is 2.12 bits per heavy atom. The van der Waals surface area contributed by atoms with Gasteiger partial charge in [-0.25, -0.2) is 0 Å². The lowest BCUT2D eigenvalue weighted by atomic mass is 9.87. The van der Waals surface area contributed by atoms with Gasteiger partial charge < -0.3 is 15.2 Å². The number of hydrogen-bond donors (Lipinski definition) is 2. The van der Waals surface area contributed by atoms with E-state index in [1.807, 2.05) is 39.0 Å². The maximum Gasteiger partial charge on any atom is 0.307 e. The lowest BCUT2D eigenvalue weighted by Crippen LogP contribution is -2.19. The molecule has 1 aliphatic rings. The number of aliphatic carboxylic acids is 1. The van der Waals surface area contributed by atoms with Gasteiger partial charge >= 0.3 is 5.97 Å². The van der Waals surface area contributed by atoms with Crippen molar-refractivity contribution in [3.05, 3.63) is 41.1 Å². The molecule has 0 bridgehead atoms. The van der Waals surface area contributed by atoms with Gasteiger partial charge in [-0.1, -0.05) is 39.5 Å². The highest BCUT2D eigenvalue weighted by molar-refractivity contribution is 5.70. The van der Waals surface area contributed by atoms with Crippen LogP contribution in [0.15, 0.2) is 30.0 Å². The Morgan fingerprint density at radius 1 is 1.42 bits per heavy atom. The summed E-state index contributed by atoms with van der Waals surface area (Å²) in [6.07, 6.45) is 4.08. The molecule has 4 nitrogen and oxygen atoms in total. The number of hydrogen-bond acceptors (Lipinski definition) is 3. The van der Waals surface area contributed by atoms with Crippen molar-refractivity contribution < 1.29 is 14.6 Å². The number of benzene rings is 1. The van der Waals surface area contributed by atoms with Crippen molar-refractivity contribution in [3.8, 4) is 5.75 Å². The maximum atomic E-state index is 10.9. The zero-order valence-electron chi connectivity index (χ0n) is 14.7. The number of nitrogens with one attached hydrogen (secondary N) is 1. The normalized spacial score (nSPS) is 15.8. The summed E-state index contributed by atoms with van der Waals surface area (Å²) in [7, 11) is 0. The molecule has 0 spiro atoms. The van der Waals surface area contributed by atoms with Crippen LogP contribution < -0.4 is 10.1 Å². The van der Waals surface area contributed by atoms with Crippen LogP contribution in [0.3, 0.4) is 0 Å². The zero-order chi connectivity index (χ0) is 17.2. The van der Waals surface area contributed by atoms with Crippen molar-refractivity contribution in [2.75, 3.05) is 13.2 Å². The van der Waals surface area contributed by atoms with Crippen LogP contribution in [0.4, 0.5) is 0 Å². The summed E-state index contributed by atoms with van der Waals surface area (Å²) >= 11 is 0. The highest BCUT2D eigenvalue weighted by Crippen LogP contribution is 2.37. The van der Waals surface area contributed by atoms with Crippen molar-refractivity contribution in [2.45, 2.75) is 60.3 Å². The van der Waals surface area contributed by atoms with Gasteiger partial charge in [0.25, 0.3) is 0 Å². The fourth-order valence-corrected chi connectivity index (χ4v) is 2.80. The summed E-state index contributed by atoms with van der Waals surface area (Å²) in [4.78, 5) is 10.9. The van der Waals surface area contributed by atoms with Crippen molar-refractivity contribution in [3.63, 3.8) is 0 Å². The molecule has 0 saturated heterocycles. The molecule has 1 heterocycles. The van der Waals surface area contributed by atoms with Gasteiger partial charge in [-0.3, -0.25) is 4.79 Å². The number of ether oxygens (including phenoxy) is 1. The van der Waals surface area contributed by atoms with E-state index in [2.05, 4.69) is 18.3 Å². The first-order valence-electron chi connectivity index (χ1n) is 8.50. The van der Waals surface area contributed by atoms with Gasteiger partial charge in [-0.05, 0) is 49.8 Å². The molecule has 0 aliphatic carbocycles. The van der Waals surface area contributed by atoms with E-state index in [0.29, 0.717) is 5.92 Å². The van der Waals surface area contributed by atoms with Crippen LogP contribution in [0.25, 0.3) is 0 Å². The highest BCUT2D eigenvalue weighted by Gasteiger charge is 2.23. The van der Waals surface area contributed by atoms with E-state index < -0.39 is 5.97 Å². The van der Waals surface area contributed by atoms with Crippen molar-refractivity contribution in [1.82, 2.24) is 5.32 Å².